The number of hydrazone groups is 1. The number of benzene rings is 2. The van der Waals surface area contributed by atoms with Gasteiger partial charge in [0.1, 0.15) is 5.71 Å². The van der Waals surface area contributed by atoms with E-state index in [0.717, 1.165) is 27.2 Å². The van der Waals surface area contributed by atoms with Gasteiger partial charge in [-0.15, -0.1) is 0 Å². The van der Waals surface area contributed by atoms with Crippen LogP contribution in [0.15, 0.2) is 41.5 Å². The fourth-order valence-electron chi connectivity index (χ4n) is 3.53. The molecule has 2 aromatic carbocycles. The molecular formula is C21H22N4O3. The van der Waals surface area contributed by atoms with E-state index in [0.29, 0.717) is 11.4 Å². The van der Waals surface area contributed by atoms with Crippen LogP contribution in [-0.2, 0) is 14.4 Å². The Morgan fingerprint density at radius 2 is 1.46 bits per heavy atom. The van der Waals surface area contributed by atoms with E-state index in [1.54, 1.807) is 26.0 Å². The van der Waals surface area contributed by atoms with Crippen molar-refractivity contribution in [2.45, 2.75) is 27.7 Å². The van der Waals surface area contributed by atoms with Gasteiger partial charge in [-0.25, -0.2) is 4.90 Å². The van der Waals surface area contributed by atoms with Gasteiger partial charge in [0.05, 0.1) is 5.69 Å². The Morgan fingerprint density at radius 3 is 1.96 bits per heavy atom. The maximum atomic E-state index is 13.1. The number of amides is 3. The summed E-state index contributed by atoms with van der Waals surface area (Å²) in [7, 11) is 0. The number of aryl methyl sites for hydroxylation is 4. The summed E-state index contributed by atoms with van der Waals surface area (Å²) < 4.78 is 0. The molecule has 0 unspecified atom stereocenters. The second-order valence-corrected chi connectivity index (χ2v) is 6.92. The SMILES string of the molecule is Cc1cccc(C)c1NC(=O)[C@@H]1C(=O)N(c2c(C)cccc2C)C(=O)/C1=N\N. The van der Waals surface area contributed by atoms with Crippen molar-refractivity contribution in [3.05, 3.63) is 58.7 Å². The van der Waals surface area contributed by atoms with E-state index in [-0.39, 0.29) is 5.71 Å². The van der Waals surface area contributed by atoms with Gasteiger partial charge < -0.3 is 11.2 Å². The fraction of sp³-hybridized carbons (Fsp3) is 0.238. The molecule has 3 amide bonds. The monoisotopic (exact) mass is 378 g/mol. The number of nitrogens with one attached hydrogen (secondary N) is 1. The Kier molecular flexibility index (Phi) is 5.00. The van der Waals surface area contributed by atoms with Gasteiger partial charge in [-0.1, -0.05) is 36.4 Å². The van der Waals surface area contributed by atoms with Crippen LogP contribution in [0.3, 0.4) is 0 Å². The summed E-state index contributed by atoms with van der Waals surface area (Å²) in [6.45, 7) is 7.30. The molecule has 7 heteroatoms. The van der Waals surface area contributed by atoms with Gasteiger partial charge in [0, 0.05) is 5.69 Å². The molecular weight excluding hydrogens is 356 g/mol. The van der Waals surface area contributed by atoms with Gasteiger partial charge >= 0.3 is 0 Å². The van der Waals surface area contributed by atoms with E-state index in [9.17, 15) is 14.4 Å². The van der Waals surface area contributed by atoms with Crippen molar-refractivity contribution in [1.29, 1.82) is 0 Å². The summed E-state index contributed by atoms with van der Waals surface area (Å²) in [5.41, 5.74) is 3.99. The first-order valence-electron chi connectivity index (χ1n) is 8.87. The highest BCUT2D eigenvalue weighted by Crippen LogP contribution is 2.31. The van der Waals surface area contributed by atoms with Crippen molar-refractivity contribution in [2.24, 2.45) is 16.9 Å². The summed E-state index contributed by atoms with van der Waals surface area (Å²) in [5, 5.41) is 6.25. The number of para-hydroxylation sites is 2. The zero-order chi connectivity index (χ0) is 20.6. The molecule has 0 aromatic heterocycles. The minimum Gasteiger partial charge on any atom is -0.325 e. The summed E-state index contributed by atoms with van der Waals surface area (Å²) in [4.78, 5) is 39.9. The summed E-state index contributed by atoms with van der Waals surface area (Å²) >= 11 is 0. The van der Waals surface area contributed by atoms with Gasteiger partial charge in [-0.2, -0.15) is 5.10 Å². The van der Waals surface area contributed by atoms with Crippen molar-refractivity contribution in [2.75, 3.05) is 10.2 Å². The lowest BCUT2D eigenvalue weighted by Gasteiger charge is -2.19. The maximum Gasteiger partial charge on any atom is 0.282 e. The summed E-state index contributed by atoms with van der Waals surface area (Å²) in [6.07, 6.45) is 0. The first-order chi connectivity index (χ1) is 13.3. The number of imide groups is 1. The number of rotatable bonds is 3. The Labute approximate surface area is 163 Å². The molecule has 1 aliphatic heterocycles. The second-order valence-electron chi connectivity index (χ2n) is 6.92. The smallest absolute Gasteiger partial charge is 0.282 e. The van der Waals surface area contributed by atoms with E-state index in [1.807, 2.05) is 38.1 Å². The normalized spacial score (nSPS) is 18.1. The number of anilines is 2. The molecule has 1 fully saturated rings. The van der Waals surface area contributed by atoms with Gasteiger partial charge in [0.15, 0.2) is 5.92 Å². The molecule has 1 aliphatic rings. The van der Waals surface area contributed by atoms with Crippen molar-refractivity contribution >= 4 is 34.8 Å². The molecule has 0 radical (unpaired) electrons. The van der Waals surface area contributed by atoms with Crippen molar-refractivity contribution < 1.29 is 14.4 Å². The van der Waals surface area contributed by atoms with Crippen LogP contribution in [-0.4, -0.2) is 23.4 Å². The van der Waals surface area contributed by atoms with Crippen molar-refractivity contribution in [1.82, 2.24) is 0 Å². The number of hydrogen-bond acceptors (Lipinski definition) is 5. The Bertz CT molecular complexity index is 986. The molecule has 7 nitrogen and oxygen atoms in total. The quantitative estimate of drug-likeness (QED) is 0.370. The zero-order valence-electron chi connectivity index (χ0n) is 16.2. The molecule has 1 heterocycles. The van der Waals surface area contributed by atoms with Crippen LogP contribution in [0.2, 0.25) is 0 Å². The lowest BCUT2D eigenvalue weighted by Crippen LogP contribution is -2.35. The van der Waals surface area contributed by atoms with Crippen LogP contribution in [0, 0.1) is 33.6 Å². The van der Waals surface area contributed by atoms with Crippen LogP contribution < -0.4 is 16.1 Å². The van der Waals surface area contributed by atoms with Crippen molar-refractivity contribution in [3.63, 3.8) is 0 Å². The fourth-order valence-corrected chi connectivity index (χ4v) is 3.53. The van der Waals surface area contributed by atoms with Crippen molar-refractivity contribution in [3.8, 4) is 0 Å². The van der Waals surface area contributed by atoms with E-state index >= 15 is 0 Å². The molecule has 0 bridgehead atoms. The van der Waals surface area contributed by atoms with E-state index in [4.69, 9.17) is 5.84 Å². The molecule has 144 valence electrons. The molecule has 2 aromatic rings. The third kappa shape index (κ3) is 3.05. The minimum absolute atomic E-state index is 0.267. The molecule has 3 N–H and O–H groups in total. The Balaban J connectivity index is 2.01. The van der Waals surface area contributed by atoms with Gasteiger partial charge in [-0.05, 0) is 49.9 Å². The molecule has 28 heavy (non-hydrogen) atoms. The highest BCUT2D eigenvalue weighted by Gasteiger charge is 2.50. The topological polar surface area (TPSA) is 105 Å². The highest BCUT2D eigenvalue weighted by atomic mass is 16.2. The van der Waals surface area contributed by atoms with E-state index in [2.05, 4.69) is 10.4 Å². The molecule has 1 atom stereocenters. The summed E-state index contributed by atoms with van der Waals surface area (Å²) in [6, 6.07) is 11.0. The first kappa shape index (κ1) is 19.3. The molecule has 3 rings (SSSR count). The predicted octanol–water partition coefficient (Wildman–Crippen LogP) is 2.36. The standard InChI is InChI=1S/C21H22N4O3/c1-11-7-5-8-12(2)16(11)23-19(26)15-17(24-22)21(28)25(20(15)27)18-13(3)9-6-10-14(18)4/h5-10,15H,22H2,1-4H3,(H,23,26)/b24-17-/t15-/m1/s1. The third-order valence-corrected chi connectivity index (χ3v) is 4.96. The Morgan fingerprint density at radius 1 is 0.964 bits per heavy atom. The molecule has 0 spiro atoms. The lowest BCUT2D eigenvalue weighted by atomic mass is 10.0. The van der Waals surface area contributed by atoms with Gasteiger partial charge in [0.2, 0.25) is 5.91 Å². The second kappa shape index (κ2) is 7.26. The first-order valence-corrected chi connectivity index (χ1v) is 8.87. The number of carbonyl (C=O) groups is 3. The third-order valence-electron chi connectivity index (χ3n) is 4.96. The molecule has 0 saturated carbocycles. The molecule has 0 aliphatic carbocycles. The minimum atomic E-state index is -1.39. The number of hydrogen-bond donors (Lipinski definition) is 2. The zero-order valence-corrected chi connectivity index (χ0v) is 16.2. The van der Waals surface area contributed by atoms with Crippen LogP contribution in [0.5, 0.6) is 0 Å². The number of nitrogens with two attached hydrogens (primary N) is 1. The maximum absolute atomic E-state index is 13.1. The van der Waals surface area contributed by atoms with Gasteiger partial charge in [-0.3, -0.25) is 14.4 Å². The predicted molar refractivity (Wildman–Crippen MR) is 108 cm³/mol. The van der Waals surface area contributed by atoms with Crippen LogP contribution in [0.25, 0.3) is 0 Å². The largest absolute Gasteiger partial charge is 0.325 e. The summed E-state index contributed by atoms with van der Waals surface area (Å²) in [5.74, 6) is 2.04. The van der Waals surface area contributed by atoms with Gasteiger partial charge in [0.25, 0.3) is 11.8 Å². The lowest BCUT2D eigenvalue weighted by molar-refractivity contribution is -0.127. The average molecular weight is 378 g/mol. The average Bonchev–Trinajstić information content (AvgIpc) is 2.89. The highest BCUT2D eigenvalue weighted by molar-refractivity contribution is 6.61. The van der Waals surface area contributed by atoms with E-state index < -0.39 is 23.6 Å². The number of nitrogens with zero attached hydrogens (tertiary/aromatic N) is 2. The Hall–Kier alpha value is -3.48. The molecule has 1 saturated heterocycles. The van der Waals surface area contributed by atoms with E-state index in [1.165, 1.54) is 0 Å². The van der Waals surface area contributed by atoms with Crippen LogP contribution >= 0.6 is 0 Å². The van der Waals surface area contributed by atoms with Crippen LogP contribution in [0.1, 0.15) is 22.3 Å². The number of carbonyl (C=O) groups excluding carboxylic acids is 3. The van der Waals surface area contributed by atoms with Crippen LogP contribution in [0.4, 0.5) is 11.4 Å².